The monoisotopic (exact) mass is 428 g/mol. The number of hydrogen-bond acceptors (Lipinski definition) is 4. The molecule has 1 aromatic carbocycles. The van der Waals surface area contributed by atoms with Gasteiger partial charge in [0, 0.05) is 29.2 Å². The standard InChI is InChI=1S/C27H40O4/c1-16-13-19(28)14-18(23(16)30)15-27(31)17(2)7-8-21-25(5)11-10-22(29)24(3,4)20(25)9-12-26(21,27)6/h13-14,17,20-21,28,30-31H,7-12,15H2,1-6H3/t17-,20-,21+,25-,26+,27-/m0/s1. The average molecular weight is 429 g/mol. The van der Waals surface area contributed by atoms with Crippen molar-refractivity contribution < 1.29 is 20.1 Å². The van der Waals surface area contributed by atoms with E-state index in [9.17, 15) is 20.1 Å². The molecular formula is C27H40O4. The smallest absolute Gasteiger partial charge is 0.138 e. The first kappa shape index (κ1) is 22.6. The van der Waals surface area contributed by atoms with E-state index in [-0.39, 0.29) is 33.7 Å². The number of rotatable bonds is 2. The van der Waals surface area contributed by atoms with Crippen LogP contribution in [-0.2, 0) is 11.2 Å². The molecule has 1 aromatic rings. The lowest BCUT2D eigenvalue weighted by Crippen LogP contribution is -2.67. The van der Waals surface area contributed by atoms with Gasteiger partial charge >= 0.3 is 0 Å². The summed E-state index contributed by atoms with van der Waals surface area (Å²) in [6, 6.07) is 3.17. The fourth-order valence-electron chi connectivity index (χ4n) is 8.37. The molecule has 3 N–H and O–H groups in total. The molecule has 0 saturated heterocycles. The summed E-state index contributed by atoms with van der Waals surface area (Å²) in [6.07, 6.45) is 5.71. The quantitative estimate of drug-likeness (QED) is 0.541. The van der Waals surface area contributed by atoms with Gasteiger partial charge in [-0.15, -0.1) is 0 Å². The van der Waals surface area contributed by atoms with Crippen LogP contribution in [0, 0.1) is 40.9 Å². The van der Waals surface area contributed by atoms with Gasteiger partial charge in [0.15, 0.2) is 0 Å². The SMILES string of the molecule is Cc1cc(O)cc(C[C@]2(O)[C@@H](C)CC[C@@H]3[C@@]4(C)CCC(=O)C(C)(C)[C@@H]4CC[C@]32C)c1O. The molecule has 0 bridgehead atoms. The Balaban J connectivity index is 1.77. The molecule has 3 aliphatic rings. The summed E-state index contributed by atoms with van der Waals surface area (Å²) in [5.74, 6) is 1.45. The summed E-state index contributed by atoms with van der Waals surface area (Å²) in [5, 5.41) is 33.2. The van der Waals surface area contributed by atoms with Crippen molar-refractivity contribution in [2.45, 2.75) is 92.1 Å². The maximum atomic E-state index is 12.8. The molecule has 3 saturated carbocycles. The van der Waals surface area contributed by atoms with Crippen LogP contribution in [0.5, 0.6) is 11.5 Å². The highest BCUT2D eigenvalue weighted by Crippen LogP contribution is 2.69. The van der Waals surface area contributed by atoms with Crippen molar-refractivity contribution in [1.29, 1.82) is 0 Å². The lowest BCUT2D eigenvalue weighted by Gasteiger charge is -2.68. The molecule has 31 heavy (non-hydrogen) atoms. The maximum Gasteiger partial charge on any atom is 0.138 e. The van der Waals surface area contributed by atoms with Gasteiger partial charge in [-0.05, 0) is 79.9 Å². The zero-order valence-electron chi connectivity index (χ0n) is 20.1. The highest BCUT2D eigenvalue weighted by Gasteiger charge is 2.67. The normalized spacial score (nSPS) is 42.0. The van der Waals surface area contributed by atoms with Gasteiger partial charge in [0.1, 0.15) is 17.3 Å². The summed E-state index contributed by atoms with van der Waals surface area (Å²) in [4.78, 5) is 12.8. The Morgan fingerprint density at radius 1 is 1.00 bits per heavy atom. The number of carbonyl (C=O) groups is 1. The molecule has 172 valence electrons. The van der Waals surface area contributed by atoms with Gasteiger partial charge in [0.25, 0.3) is 0 Å². The summed E-state index contributed by atoms with van der Waals surface area (Å²) < 4.78 is 0. The van der Waals surface area contributed by atoms with Crippen molar-refractivity contribution >= 4 is 5.78 Å². The van der Waals surface area contributed by atoms with Crippen LogP contribution in [0.4, 0.5) is 0 Å². The molecule has 0 amide bonds. The predicted molar refractivity (Wildman–Crippen MR) is 122 cm³/mol. The maximum absolute atomic E-state index is 12.8. The van der Waals surface area contributed by atoms with Crippen molar-refractivity contribution in [3.05, 3.63) is 23.3 Å². The zero-order chi connectivity index (χ0) is 23.0. The number of ketones is 1. The molecule has 0 radical (unpaired) electrons. The Labute approximate surface area is 187 Å². The summed E-state index contributed by atoms with van der Waals surface area (Å²) in [7, 11) is 0. The second-order valence-corrected chi connectivity index (χ2v) is 12.1. The minimum atomic E-state index is -0.979. The number of phenolic OH excluding ortho intramolecular Hbond substituents is 2. The first-order chi connectivity index (χ1) is 14.3. The average Bonchev–Trinajstić information content (AvgIpc) is 2.67. The van der Waals surface area contributed by atoms with Crippen molar-refractivity contribution in [3.63, 3.8) is 0 Å². The fraction of sp³-hybridized carbons (Fsp3) is 0.741. The molecule has 3 aliphatic carbocycles. The summed E-state index contributed by atoms with van der Waals surface area (Å²) in [6.45, 7) is 12.8. The number of Topliss-reactive ketones (excluding diaryl/α,β-unsaturated/α-hetero) is 1. The second kappa shape index (κ2) is 6.97. The lowest BCUT2D eigenvalue weighted by atomic mass is 9.37. The number of aryl methyl sites for hydroxylation is 1. The number of phenols is 2. The number of fused-ring (bicyclic) bond motifs is 3. The Kier molecular flexibility index (Phi) is 5.09. The Morgan fingerprint density at radius 3 is 2.35 bits per heavy atom. The number of benzene rings is 1. The third-order valence-electron chi connectivity index (χ3n) is 10.3. The van der Waals surface area contributed by atoms with Crippen LogP contribution in [0.1, 0.15) is 84.3 Å². The second-order valence-electron chi connectivity index (χ2n) is 12.1. The third-order valence-corrected chi connectivity index (χ3v) is 10.3. The number of aliphatic hydroxyl groups is 1. The van der Waals surface area contributed by atoms with Gasteiger partial charge in [-0.3, -0.25) is 4.79 Å². The molecule has 4 nitrogen and oxygen atoms in total. The van der Waals surface area contributed by atoms with Crippen LogP contribution >= 0.6 is 0 Å². The minimum absolute atomic E-state index is 0.0231. The molecule has 4 rings (SSSR count). The van der Waals surface area contributed by atoms with Crippen molar-refractivity contribution in [2.24, 2.45) is 34.0 Å². The van der Waals surface area contributed by atoms with Crippen molar-refractivity contribution in [2.75, 3.05) is 0 Å². The number of carbonyl (C=O) groups excluding carboxylic acids is 1. The van der Waals surface area contributed by atoms with Gasteiger partial charge in [0.05, 0.1) is 5.60 Å². The Bertz CT molecular complexity index is 905. The van der Waals surface area contributed by atoms with Gasteiger partial charge in [0.2, 0.25) is 0 Å². The lowest BCUT2D eigenvalue weighted by molar-refractivity contribution is -0.238. The first-order valence-corrected chi connectivity index (χ1v) is 12.0. The summed E-state index contributed by atoms with van der Waals surface area (Å²) in [5.41, 5.74) is -0.316. The van der Waals surface area contributed by atoms with E-state index in [1.165, 1.54) is 0 Å². The molecule has 0 heterocycles. The van der Waals surface area contributed by atoms with Gasteiger partial charge in [-0.1, -0.05) is 34.6 Å². The van der Waals surface area contributed by atoms with E-state index in [4.69, 9.17) is 0 Å². The fourth-order valence-corrected chi connectivity index (χ4v) is 8.37. The van der Waals surface area contributed by atoms with E-state index in [0.717, 1.165) is 32.1 Å². The van der Waals surface area contributed by atoms with Crippen molar-refractivity contribution in [1.82, 2.24) is 0 Å². The van der Waals surface area contributed by atoms with Crippen LogP contribution in [0.25, 0.3) is 0 Å². The van der Waals surface area contributed by atoms with E-state index in [1.807, 2.05) is 0 Å². The molecule has 0 aromatic heterocycles. The predicted octanol–water partition coefficient (Wildman–Crippen LogP) is 5.54. The highest BCUT2D eigenvalue weighted by molar-refractivity contribution is 5.85. The van der Waals surface area contributed by atoms with E-state index in [2.05, 4.69) is 34.6 Å². The van der Waals surface area contributed by atoms with Crippen molar-refractivity contribution in [3.8, 4) is 11.5 Å². The topological polar surface area (TPSA) is 77.8 Å². The molecule has 0 unspecified atom stereocenters. The van der Waals surface area contributed by atoms with Gasteiger partial charge < -0.3 is 15.3 Å². The largest absolute Gasteiger partial charge is 0.508 e. The molecule has 3 fully saturated rings. The van der Waals surface area contributed by atoms with Gasteiger partial charge in [-0.25, -0.2) is 0 Å². The van der Waals surface area contributed by atoms with E-state index in [0.29, 0.717) is 41.6 Å². The van der Waals surface area contributed by atoms with E-state index < -0.39 is 5.60 Å². The molecular weight excluding hydrogens is 388 g/mol. The third kappa shape index (κ3) is 3.00. The van der Waals surface area contributed by atoms with Crippen LogP contribution in [0.15, 0.2) is 12.1 Å². The summed E-state index contributed by atoms with van der Waals surface area (Å²) >= 11 is 0. The molecule has 6 atom stereocenters. The van der Waals surface area contributed by atoms with Crippen LogP contribution < -0.4 is 0 Å². The minimum Gasteiger partial charge on any atom is -0.508 e. The van der Waals surface area contributed by atoms with Gasteiger partial charge in [-0.2, -0.15) is 0 Å². The zero-order valence-corrected chi connectivity index (χ0v) is 20.1. The van der Waals surface area contributed by atoms with E-state index in [1.54, 1.807) is 19.1 Å². The number of aromatic hydroxyl groups is 2. The van der Waals surface area contributed by atoms with Crippen LogP contribution in [0.3, 0.4) is 0 Å². The number of hydrogen-bond donors (Lipinski definition) is 3. The Hall–Kier alpha value is -1.55. The van der Waals surface area contributed by atoms with Crippen LogP contribution in [0.2, 0.25) is 0 Å². The molecule has 0 aliphatic heterocycles. The first-order valence-electron chi connectivity index (χ1n) is 12.0. The molecule has 0 spiro atoms. The van der Waals surface area contributed by atoms with E-state index >= 15 is 0 Å². The molecule has 4 heteroatoms. The Morgan fingerprint density at radius 2 is 1.68 bits per heavy atom. The highest BCUT2D eigenvalue weighted by atomic mass is 16.3. The van der Waals surface area contributed by atoms with Crippen LogP contribution in [-0.4, -0.2) is 26.7 Å².